The van der Waals surface area contributed by atoms with Crippen LogP contribution in [0.15, 0.2) is 136 Å². The molecule has 59 heavy (non-hydrogen) atoms. The zero-order valence-corrected chi connectivity index (χ0v) is 33.1. The van der Waals surface area contributed by atoms with Crippen molar-refractivity contribution in [3.8, 4) is 11.5 Å². The summed E-state index contributed by atoms with van der Waals surface area (Å²) in [7, 11) is 3.22. The highest BCUT2D eigenvalue weighted by atomic mass is 16.5. The molecule has 1 saturated carbocycles. The Morgan fingerprint density at radius 3 is 2.08 bits per heavy atom. The molecule has 0 bridgehead atoms. The van der Waals surface area contributed by atoms with E-state index in [1.165, 1.54) is 22.8 Å². The quantitative estimate of drug-likeness (QED) is 0.133. The van der Waals surface area contributed by atoms with Crippen molar-refractivity contribution in [3.63, 3.8) is 0 Å². The topological polar surface area (TPSA) is 139 Å². The lowest BCUT2D eigenvalue weighted by Crippen LogP contribution is -2.44. The van der Waals surface area contributed by atoms with Crippen LogP contribution < -0.4 is 20.7 Å². The zero-order chi connectivity index (χ0) is 41.0. The fourth-order valence-corrected chi connectivity index (χ4v) is 8.01. The summed E-state index contributed by atoms with van der Waals surface area (Å²) < 4.78 is 20.4. The van der Waals surface area contributed by atoms with Crippen molar-refractivity contribution in [2.45, 2.75) is 58.0 Å². The Hall–Kier alpha value is -7.02. The number of nitrogens with zero attached hydrogens (tertiary/aromatic N) is 6. The summed E-state index contributed by atoms with van der Waals surface area (Å²) in [6, 6.07) is 33.7. The number of benzene rings is 4. The second-order valence-electron chi connectivity index (χ2n) is 14.7. The highest BCUT2D eigenvalue weighted by Gasteiger charge is 2.45. The van der Waals surface area contributed by atoms with Gasteiger partial charge in [0.05, 0.1) is 38.8 Å². The number of allylic oxidation sites excluding steroid dienone is 1. The predicted octanol–water partition coefficient (Wildman–Crippen LogP) is 6.23. The van der Waals surface area contributed by atoms with E-state index in [-0.39, 0.29) is 23.6 Å². The second kappa shape index (κ2) is 16.8. The van der Waals surface area contributed by atoms with Gasteiger partial charge in [0.2, 0.25) is 0 Å². The molecule has 2 aromatic heterocycles. The molecule has 0 saturated heterocycles. The van der Waals surface area contributed by atoms with E-state index < -0.39 is 41.8 Å². The van der Waals surface area contributed by atoms with Crippen LogP contribution in [0.1, 0.15) is 54.5 Å². The third-order valence-electron chi connectivity index (χ3n) is 10.9. The van der Waals surface area contributed by atoms with Crippen molar-refractivity contribution in [1.82, 2.24) is 23.7 Å². The van der Waals surface area contributed by atoms with Gasteiger partial charge in [-0.2, -0.15) is 5.10 Å². The Balaban J connectivity index is 1.10. The van der Waals surface area contributed by atoms with Gasteiger partial charge in [0, 0.05) is 12.5 Å². The fourth-order valence-electron chi connectivity index (χ4n) is 8.01. The molecule has 6 aromatic rings. The van der Waals surface area contributed by atoms with E-state index in [9.17, 15) is 19.2 Å². The largest absolute Gasteiger partial charge is 0.497 e. The molecule has 0 radical (unpaired) electrons. The first kappa shape index (κ1) is 38.8. The van der Waals surface area contributed by atoms with Crippen LogP contribution >= 0.6 is 0 Å². The molecule has 300 valence electrons. The van der Waals surface area contributed by atoms with E-state index >= 15 is 0 Å². The van der Waals surface area contributed by atoms with E-state index in [4.69, 9.17) is 19.3 Å². The molecular weight excluding hydrogens is 749 g/mol. The zero-order valence-electron chi connectivity index (χ0n) is 33.1. The molecule has 13 nitrogen and oxygen atoms in total. The first-order valence-corrected chi connectivity index (χ1v) is 19.6. The summed E-state index contributed by atoms with van der Waals surface area (Å²) >= 11 is 0. The van der Waals surface area contributed by atoms with Crippen molar-refractivity contribution in [2.24, 2.45) is 11.0 Å². The van der Waals surface area contributed by atoms with Gasteiger partial charge in [-0.15, -0.1) is 0 Å². The minimum atomic E-state index is -1.30. The summed E-state index contributed by atoms with van der Waals surface area (Å²) in [4.78, 5) is 60.9. The lowest BCUT2D eigenvalue weighted by molar-refractivity contribution is -0.160. The standard InChI is InChI=1S/C46H44N6O7/c1-30(44(54)52-41(34-19-23-37(58-3)24-20-34)38-16-10-15-35(40(38)48-52)25-31-17-21-36(57-2)22-18-31)59-39(53)28-51-45(55)42-43(47-29-49(42)26-32-11-6-4-7-12-32)50(46(51)56)27-33-13-8-5-9-14-33/h4-9,11-14,17-25,29-30,38,41H,10,15-16,26-28H2,1-3H3/b35-25-. The number of aromatic nitrogens is 4. The second-order valence-corrected chi connectivity index (χ2v) is 14.7. The lowest BCUT2D eigenvalue weighted by Gasteiger charge is -2.30. The predicted molar refractivity (Wildman–Crippen MR) is 223 cm³/mol. The molecular formula is C46H44N6O7. The van der Waals surface area contributed by atoms with Crippen LogP contribution in [0.4, 0.5) is 0 Å². The van der Waals surface area contributed by atoms with Gasteiger partial charge in [0.1, 0.15) is 18.0 Å². The SMILES string of the molecule is COc1ccc(/C=C2/CCCC3C2=NN(C(=O)C(C)OC(=O)Cn2c(=O)c4c(ncn4Cc4ccccc4)n(Cc4ccccc4)c2=O)C3c2ccc(OC)cc2)cc1. The maximum atomic E-state index is 14.4. The normalized spacial score (nSPS) is 17.4. The van der Waals surface area contributed by atoms with Gasteiger partial charge in [0.25, 0.3) is 11.5 Å². The number of carbonyl (C=O) groups is 2. The van der Waals surface area contributed by atoms with Gasteiger partial charge in [-0.3, -0.25) is 19.0 Å². The maximum absolute atomic E-state index is 14.4. The molecule has 1 fully saturated rings. The minimum absolute atomic E-state index is 0.109. The highest BCUT2D eigenvalue weighted by molar-refractivity contribution is 6.08. The number of methoxy groups -OCH3 is 2. The summed E-state index contributed by atoms with van der Waals surface area (Å²) in [5.74, 6) is -0.131. The van der Waals surface area contributed by atoms with Crippen LogP contribution in [0.25, 0.3) is 17.2 Å². The molecule has 3 atom stereocenters. The Morgan fingerprint density at radius 1 is 0.814 bits per heavy atom. The van der Waals surface area contributed by atoms with Crippen LogP contribution in [0.3, 0.4) is 0 Å². The number of imidazole rings is 1. The molecule has 1 aliphatic heterocycles. The lowest BCUT2D eigenvalue weighted by atomic mass is 9.77. The van der Waals surface area contributed by atoms with E-state index in [1.807, 2.05) is 109 Å². The summed E-state index contributed by atoms with van der Waals surface area (Å²) in [6.45, 7) is 1.19. The van der Waals surface area contributed by atoms with Gasteiger partial charge in [-0.1, -0.05) is 84.9 Å². The van der Waals surface area contributed by atoms with Crippen molar-refractivity contribution in [3.05, 3.63) is 164 Å². The number of amides is 1. The van der Waals surface area contributed by atoms with E-state index in [0.717, 1.165) is 63.1 Å². The Bertz CT molecular complexity index is 2670. The summed E-state index contributed by atoms with van der Waals surface area (Å²) in [6.07, 6.45) is 4.81. The maximum Gasteiger partial charge on any atom is 0.333 e. The number of fused-ring (bicyclic) bond motifs is 2. The number of ether oxygens (including phenoxy) is 3. The molecule has 1 amide bonds. The molecule has 4 aromatic carbocycles. The van der Waals surface area contributed by atoms with Gasteiger partial charge >= 0.3 is 11.7 Å². The number of rotatable bonds is 12. The van der Waals surface area contributed by atoms with Crippen molar-refractivity contribution in [1.29, 1.82) is 0 Å². The van der Waals surface area contributed by atoms with Crippen molar-refractivity contribution >= 4 is 34.8 Å². The minimum Gasteiger partial charge on any atom is -0.497 e. The van der Waals surface area contributed by atoms with Crippen LogP contribution in [0.2, 0.25) is 0 Å². The van der Waals surface area contributed by atoms with Gasteiger partial charge < -0.3 is 18.8 Å². The summed E-state index contributed by atoms with van der Waals surface area (Å²) in [5.41, 5.74) is 4.36. The molecule has 0 spiro atoms. The average molecular weight is 793 g/mol. The van der Waals surface area contributed by atoms with Crippen LogP contribution in [-0.2, 0) is 34.0 Å². The molecule has 3 heterocycles. The van der Waals surface area contributed by atoms with Crippen molar-refractivity contribution < 1.29 is 23.8 Å². The Labute approximate surface area is 340 Å². The average Bonchev–Trinajstić information content (AvgIpc) is 3.87. The first-order valence-electron chi connectivity index (χ1n) is 19.6. The third kappa shape index (κ3) is 7.96. The number of esters is 1. The number of hydrogen-bond donors (Lipinski definition) is 0. The van der Waals surface area contributed by atoms with Crippen molar-refractivity contribution in [2.75, 3.05) is 14.2 Å². The van der Waals surface area contributed by atoms with Crippen LogP contribution in [0.5, 0.6) is 11.5 Å². The Morgan fingerprint density at radius 2 is 1.44 bits per heavy atom. The van der Waals surface area contributed by atoms with E-state index in [0.29, 0.717) is 12.3 Å². The highest BCUT2D eigenvalue weighted by Crippen LogP contribution is 2.45. The number of hydrogen-bond acceptors (Lipinski definition) is 9. The third-order valence-corrected chi connectivity index (χ3v) is 10.9. The van der Waals surface area contributed by atoms with E-state index in [1.54, 1.807) is 18.8 Å². The van der Waals surface area contributed by atoms with Crippen LogP contribution in [-0.4, -0.2) is 61.6 Å². The first-order chi connectivity index (χ1) is 28.7. The number of hydrazone groups is 1. The van der Waals surface area contributed by atoms with E-state index in [2.05, 4.69) is 11.1 Å². The molecule has 1 aliphatic carbocycles. The van der Waals surface area contributed by atoms with Gasteiger partial charge in [-0.25, -0.2) is 19.4 Å². The number of carbonyl (C=O) groups excluding carboxylic acids is 2. The van der Waals surface area contributed by atoms with Crippen LogP contribution in [0, 0.1) is 5.92 Å². The Kier molecular flexibility index (Phi) is 11.1. The molecule has 3 unspecified atom stereocenters. The molecule has 13 heteroatoms. The smallest absolute Gasteiger partial charge is 0.333 e. The molecule has 8 rings (SSSR count). The monoisotopic (exact) mass is 792 g/mol. The van der Waals surface area contributed by atoms with Gasteiger partial charge in [-0.05, 0) is 84.4 Å². The summed E-state index contributed by atoms with van der Waals surface area (Å²) in [5, 5.41) is 6.38. The molecule has 2 aliphatic rings. The fraction of sp³-hybridized carbons (Fsp3) is 0.261. The molecule has 0 N–H and O–H groups in total. The van der Waals surface area contributed by atoms with Gasteiger partial charge in [0.15, 0.2) is 17.3 Å².